The molecule has 60 valence electrons. The highest BCUT2D eigenvalue weighted by Gasteiger charge is 1.98. The van der Waals surface area contributed by atoms with Crippen molar-refractivity contribution >= 4 is 11.6 Å². The molecule has 1 rings (SSSR count). The first-order valence-corrected chi connectivity index (χ1v) is 3.70. The minimum absolute atomic E-state index is 0.171. The number of benzene rings is 1. The predicted molar refractivity (Wildman–Crippen MR) is 44.2 cm³/mol. The molecule has 0 saturated carbocycles. The maximum atomic E-state index is 12.7. The summed E-state index contributed by atoms with van der Waals surface area (Å²) in [5, 5.41) is 3.09. The van der Waals surface area contributed by atoms with E-state index in [1.807, 2.05) is 7.05 Å². The van der Waals surface area contributed by atoms with Crippen LogP contribution in [0.5, 0.6) is 0 Å². The molecule has 0 aliphatic carbocycles. The fourth-order valence-electron chi connectivity index (χ4n) is 0.854. The lowest BCUT2D eigenvalue weighted by molar-refractivity contribution is 0.624. The molecule has 0 heterocycles. The number of hydrogen-bond donors (Lipinski definition) is 1. The van der Waals surface area contributed by atoms with Gasteiger partial charge in [0.25, 0.3) is 0 Å². The first kappa shape index (κ1) is 8.50. The zero-order valence-corrected chi connectivity index (χ0v) is 6.95. The van der Waals surface area contributed by atoms with Crippen molar-refractivity contribution in [3.05, 3.63) is 34.6 Å². The Hall–Kier alpha value is -0.600. The summed E-state index contributed by atoms with van der Waals surface area (Å²) in [5.41, 5.74) is 0.898. The van der Waals surface area contributed by atoms with Crippen LogP contribution in [0.4, 0.5) is 4.39 Å². The molecule has 0 spiro atoms. The van der Waals surface area contributed by atoms with Crippen LogP contribution in [0.1, 0.15) is 5.56 Å². The normalized spacial score (nSPS) is 10.1. The van der Waals surface area contributed by atoms with Gasteiger partial charge in [-0.05, 0) is 24.7 Å². The molecule has 0 atom stereocenters. The van der Waals surface area contributed by atoms with Gasteiger partial charge in [-0.2, -0.15) is 0 Å². The van der Waals surface area contributed by atoms with Crippen molar-refractivity contribution in [2.45, 2.75) is 6.54 Å². The monoisotopic (exact) mass is 173 g/mol. The largest absolute Gasteiger partial charge is 0.316 e. The molecule has 0 aromatic heterocycles. The van der Waals surface area contributed by atoms with Crippen LogP contribution in [0.25, 0.3) is 0 Å². The van der Waals surface area contributed by atoms with Gasteiger partial charge in [0.1, 0.15) is 5.82 Å². The lowest BCUT2D eigenvalue weighted by atomic mass is 10.2. The van der Waals surface area contributed by atoms with Crippen LogP contribution in [-0.4, -0.2) is 7.05 Å². The predicted octanol–water partition coefficient (Wildman–Crippen LogP) is 2.20. The molecule has 11 heavy (non-hydrogen) atoms. The molecular formula is C8H9ClFN. The summed E-state index contributed by atoms with van der Waals surface area (Å²) in [6.07, 6.45) is 0. The third-order valence-electron chi connectivity index (χ3n) is 1.36. The standard InChI is InChI=1S/C8H9ClFN/c1-11-5-6-2-3-7(9)8(10)4-6/h2-4,11H,5H2,1H3. The molecule has 1 nitrogen and oxygen atoms in total. The average Bonchev–Trinajstić information content (AvgIpc) is 1.98. The lowest BCUT2D eigenvalue weighted by Crippen LogP contribution is -2.04. The van der Waals surface area contributed by atoms with E-state index in [-0.39, 0.29) is 10.8 Å². The first-order valence-electron chi connectivity index (χ1n) is 3.32. The summed E-state index contributed by atoms with van der Waals surface area (Å²) in [4.78, 5) is 0. The van der Waals surface area contributed by atoms with Crippen LogP contribution in [0, 0.1) is 5.82 Å². The van der Waals surface area contributed by atoms with Gasteiger partial charge in [0, 0.05) is 6.54 Å². The number of rotatable bonds is 2. The first-order chi connectivity index (χ1) is 5.24. The zero-order valence-electron chi connectivity index (χ0n) is 6.20. The van der Waals surface area contributed by atoms with Crippen LogP contribution in [0.2, 0.25) is 5.02 Å². The van der Waals surface area contributed by atoms with E-state index in [9.17, 15) is 4.39 Å². The van der Waals surface area contributed by atoms with Gasteiger partial charge in [0.2, 0.25) is 0 Å². The molecule has 0 bridgehead atoms. The second-order valence-electron chi connectivity index (χ2n) is 2.28. The van der Waals surface area contributed by atoms with Gasteiger partial charge in [0.05, 0.1) is 5.02 Å². The Bertz CT molecular complexity index is 250. The molecule has 3 heteroatoms. The summed E-state index contributed by atoms with van der Waals surface area (Å²) in [6, 6.07) is 4.78. The van der Waals surface area contributed by atoms with E-state index in [1.54, 1.807) is 12.1 Å². The Kier molecular flexibility index (Phi) is 2.85. The van der Waals surface area contributed by atoms with Crippen LogP contribution in [0.3, 0.4) is 0 Å². The van der Waals surface area contributed by atoms with Gasteiger partial charge < -0.3 is 5.32 Å². The van der Waals surface area contributed by atoms with Gasteiger partial charge in [-0.3, -0.25) is 0 Å². The highest BCUT2D eigenvalue weighted by Crippen LogP contribution is 2.15. The van der Waals surface area contributed by atoms with Crippen molar-refractivity contribution in [2.24, 2.45) is 0 Å². The molecule has 0 amide bonds. The Morgan fingerprint density at radius 1 is 1.55 bits per heavy atom. The van der Waals surface area contributed by atoms with E-state index in [1.165, 1.54) is 6.07 Å². The average molecular weight is 174 g/mol. The molecule has 0 radical (unpaired) electrons. The van der Waals surface area contributed by atoms with Gasteiger partial charge in [-0.25, -0.2) is 4.39 Å². The molecule has 1 aromatic carbocycles. The van der Waals surface area contributed by atoms with E-state index in [2.05, 4.69) is 5.32 Å². The molecule has 0 saturated heterocycles. The second-order valence-corrected chi connectivity index (χ2v) is 2.69. The molecule has 0 fully saturated rings. The summed E-state index contributed by atoms with van der Waals surface area (Å²) in [5.74, 6) is -0.362. The number of halogens is 2. The Balaban J connectivity index is 2.86. The van der Waals surface area contributed by atoms with Gasteiger partial charge in [-0.15, -0.1) is 0 Å². The summed E-state index contributed by atoms with van der Waals surface area (Å²) in [7, 11) is 1.81. The molecule has 0 unspecified atom stereocenters. The highest BCUT2D eigenvalue weighted by atomic mass is 35.5. The highest BCUT2D eigenvalue weighted by molar-refractivity contribution is 6.30. The minimum Gasteiger partial charge on any atom is -0.316 e. The van der Waals surface area contributed by atoms with E-state index in [4.69, 9.17) is 11.6 Å². The van der Waals surface area contributed by atoms with Crippen molar-refractivity contribution in [3.63, 3.8) is 0 Å². The topological polar surface area (TPSA) is 12.0 Å². The summed E-state index contributed by atoms with van der Waals surface area (Å²) in [6.45, 7) is 0.661. The number of hydrogen-bond acceptors (Lipinski definition) is 1. The van der Waals surface area contributed by atoms with Crippen molar-refractivity contribution in [1.82, 2.24) is 5.32 Å². The summed E-state index contributed by atoms with van der Waals surface area (Å²) >= 11 is 5.49. The van der Waals surface area contributed by atoms with Crippen LogP contribution in [-0.2, 0) is 6.54 Å². The van der Waals surface area contributed by atoms with E-state index >= 15 is 0 Å². The van der Waals surface area contributed by atoms with Crippen molar-refractivity contribution in [3.8, 4) is 0 Å². The van der Waals surface area contributed by atoms with Crippen molar-refractivity contribution in [1.29, 1.82) is 0 Å². The third-order valence-corrected chi connectivity index (χ3v) is 1.67. The Morgan fingerprint density at radius 2 is 2.27 bits per heavy atom. The molecule has 1 N–H and O–H groups in total. The Morgan fingerprint density at radius 3 is 2.82 bits per heavy atom. The summed E-state index contributed by atoms with van der Waals surface area (Å²) < 4.78 is 12.7. The van der Waals surface area contributed by atoms with E-state index in [0.717, 1.165) is 5.56 Å². The SMILES string of the molecule is CNCc1ccc(Cl)c(F)c1. The molecule has 0 aliphatic heterocycles. The lowest BCUT2D eigenvalue weighted by Gasteiger charge is -1.99. The molecule has 1 aromatic rings. The quantitative estimate of drug-likeness (QED) is 0.723. The molecular weight excluding hydrogens is 165 g/mol. The van der Waals surface area contributed by atoms with Crippen LogP contribution < -0.4 is 5.32 Å². The van der Waals surface area contributed by atoms with Gasteiger partial charge >= 0.3 is 0 Å². The Labute approximate surface area is 70.2 Å². The van der Waals surface area contributed by atoms with E-state index in [0.29, 0.717) is 6.54 Å². The zero-order chi connectivity index (χ0) is 8.27. The third kappa shape index (κ3) is 2.17. The van der Waals surface area contributed by atoms with Crippen LogP contribution in [0.15, 0.2) is 18.2 Å². The molecule has 0 aliphatic rings. The van der Waals surface area contributed by atoms with E-state index < -0.39 is 0 Å². The maximum Gasteiger partial charge on any atom is 0.142 e. The van der Waals surface area contributed by atoms with Crippen molar-refractivity contribution < 1.29 is 4.39 Å². The number of nitrogens with one attached hydrogen (secondary N) is 1. The smallest absolute Gasteiger partial charge is 0.142 e. The van der Waals surface area contributed by atoms with Gasteiger partial charge in [-0.1, -0.05) is 17.7 Å². The second kappa shape index (κ2) is 3.69. The van der Waals surface area contributed by atoms with Crippen molar-refractivity contribution in [2.75, 3.05) is 7.05 Å². The fraction of sp³-hybridized carbons (Fsp3) is 0.250. The van der Waals surface area contributed by atoms with Crippen LogP contribution >= 0.6 is 11.6 Å². The van der Waals surface area contributed by atoms with Gasteiger partial charge in [0.15, 0.2) is 0 Å². The minimum atomic E-state index is -0.362. The maximum absolute atomic E-state index is 12.7. The fourth-order valence-corrected chi connectivity index (χ4v) is 0.971.